The molecule has 2 aromatic rings. The van der Waals surface area contributed by atoms with Crippen LogP contribution in [0, 0.1) is 0 Å². The normalized spacial score (nSPS) is 18.4. The maximum atomic E-state index is 12.2. The fourth-order valence-electron chi connectivity index (χ4n) is 4.53. The van der Waals surface area contributed by atoms with E-state index in [-0.39, 0.29) is 18.6 Å². The molecule has 7 nitrogen and oxygen atoms in total. The SMILES string of the molecule is CCc1cc2c(s1)CCOC21CCN(Cc2cn(CCC(=O)NCCC(F)(F)F)nn2)CC1. The summed E-state index contributed by atoms with van der Waals surface area (Å²) < 4.78 is 44.4. The van der Waals surface area contributed by atoms with Crippen molar-refractivity contribution in [2.45, 2.75) is 70.3 Å². The topological polar surface area (TPSA) is 72.3 Å². The zero-order chi connectivity index (χ0) is 23.5. The minimum Gasteiger partial charge on any atom is -0.370 e. The van der Waals surface area contributed by atoms with Crippen molar-refractivity contribution in [3.05, 3.63) is 33.3 Å². The lowest BCUT2D eigenvalue weighted by molar-refractivity contribution is -0.135. The molecular formula is C22H30F3N5O2S. The fourth-order valence-corrected chi connectivity index (χ4v) is 5.71. The van der Waals surface area contributed by atoms with E-state index < -0.39 is 25.0 Å². The molecule has 1 saturated heterocycles. The molecule has 4 rings (SSSR count). The largest absolute Gasteiger partial charge is 0.390 e. The van der Waals surface area contributed by atoms with Crippen molar-refractivity contribution in [1.29, 1.82) is 0 Å². The van der Waals surface area contributed by atoms with Gasteiger partial charge in [0, 0.05) is 55.0 Å². The van der Waals surface area contributed by atoms with Gasteiger partial charge in [-0.15, -0.1) is 16.4 Å². The molecule has 11 heteroatoms. The molecule has 0 atom stereocenters. The Bertz CT molecular complexity index is 950. The third-order valence-corrected chi connectivity index (χ3v) is 7.68. The van der Waals surface area contributed by atoms with Crippen molar-refractivity contribution in [2.75, 3.05) is 26.2 Å². The van der Waals surface area contributed by atoms with Gasteiger partial charge < -0.3 is 10.1 Å². The van der Waals surface area contributed by atoms with Crippen LogP contribution in [0.2, 0.25) is 0 Å². The number of carbonyl (C=O) groups excluding carboxylic acids is 1. The molecule has 33 heavy (non-hydrogen) atoms. The molecule has 182 valence electrons. The first-order chi connectivity index (χ1) is 15.8. The molecule has 0 saturated carbocycles. The summed E-state index contributed by atoms with van der Waals surface area (Å²) in [6.45, 7) is 5.34. The van der Waals surface area contributed by atoms with Gasteiger partial charge in [-0.25, -0.2) is 0 Å². The lowest BCUT2D eigenvalue weighted by Gasteiger charge is -2.44. The van der Waals surface area contributed by atoms with E-state index in [0.29, 0.717) is 6.54 Å². The summed E-state index contributed by atoms with van der Waals surface area (Å²) in [5, 5.41) is 10.5. The lowest BCUT2D eigenvalue weighted by atomic mass is 9.82. The van der Waals surface area contributed by atoms with Crippen LogP contribution in [-0.4, -0.2) is 58.2 Å². The number of aryl methyl sites for hydroxylation is 2. The van der Waals surface area contributed by atoms with Gasteiger partial charge in [-0.3, -0.25) is 14.4 Å². The molecule has 0 unspecified atom stereocenters. The molecule has 2 aliphatic heterocycles. The number of rotatable bonds is 8. The Labute approximate surface area is 195 Å². The number of fused-ring (bicyclic) bond motifs is 2. The monoisotopic (exact) mass is 485 g/mol. The van der Waals surface area contributed by atoms with E-state index >= 15 is 0 Å². The van der Waals surface area contributed by atoms with Crippen LogP contribution >= 0.6 is 11.3 Å². The second-order valence-corrected chi connectivity index (χ2v) is 9.93. The van der Waals surface area contributed by atoms with Crippen molar-refractivity contribution < 1.29 is 22.7 Å². The number of ether oxygens (including phenoxy) is 1. The van der Waals surface area contributed by atoms with Gasteiger partial charge in [-0.2, -0.15) is 13.2 Å². The van der Waals surface area contributed by atoms with Gasteiger partial charge >= 0.3 is 6.18 Å². The highest BCUT2D eigenvalue weighted by Crippen LogP contribution is 2.44. The minimum atomic E-state index is -4.27. The molecule has 1 amide bonds. The van der Waals surface area contributed by atoms with Gasteiger partial charge in [0.05, 0.1) is 30.9 Å². The minimum absolute atomic E-state index is 0.0625. The number of hydrogen-bond acceptors (Lipinski definition) is 6. The molecule has 4 heterocycles. The van der Waals surface area contributed by atoms with Crippen LogP contribution in [0.4, 0.5) is 13.2 Å². The van der Waals surface area contributed by atoms with E-state index in [1.165, 1.54) is 15.3 Å². The predicted octanol–water partition coefficient (Wildman–Crippen LogP) is 3.42. The first-order valence-corrected chi connectivity index (χ1v) is 12.3. The average Bonchev–Trinajstić information content (AvgIpc) is 3.40. The van der Waals surface area contributed by atoms with Gasteiger partial charge in [0.15, 0.2) is 0 Å². The molecule has 0 radical (unpaired) electrons. The Kier molecular flexibility index (Phi) is 7.40. The summed E-state index contributed by atoms with van der Waals surface area (Å²) in [5.41, 5.74) is 2.05. The number of nitrogens with zero attached hydrogens (tertiary/aromatic N) is 4. The number of carbonyl (C=O) groups is 1. The molecule has 0 aliphatic carbocycles. The summed E-state index contributed by atoms with van der Waals surface area (Å²) in [6, 6.07) is 2.35. The maximum absolute atomic E-state index is 12.2. The number of hydrogen-bond donors (Lipinski definition) is 1. The highest BCUT2D eigenvalue weighted by molar-refractivity contribution is 7.12. The van der Waals surface area contributed by atoms with Crippen molar-refractivity contribution in [3.63, 3.8) is 0 Å². The highest BCUT2D eigenvalue weighted by atomic mass is 32.1. The van der Waals surface area contributed by atoms with Crippen LogP contribution in [0.5, 0.6) is 0 Å². The number of thiophene rings is 1. The van der Waals surface area contributed by atoms with Gasteiger partial charge in [0.25, 0.3) is 0 Å². The maximum Gasteiger partial charge on any atom is 0.390 e. The van der Waals surface area contributed by atoms with Crippen molar-refractivity contribution >= 4 is 17.2 Å². The quantitative estimate of drug-likeness (QED) is 0.620. The van der Waals surface area contributed by atoms with Crippen LogP contribution in [0.25, 0.3) is 0 Å². The highest BCUT2D eigenvalue weighted by Gasteiger charge is 2.41. The fraction of sp³-hybridized carbons (Fsp3) is 0.682. The second-order valence-electron chi connectivity index (χ2n) is 8.71. The van der Waals surface area contributed by atoms with Gasteiger partial charge in [0.2, 0.25) is 5.91 Å². The molecule has 1 spiro atoms. The lowest BCUT2D eigenvalue weighted by Crippen LogP contribution is -2.45. The number of aromatic nitrogens is 3. The number of piperidine rings is 1. The van der Waals surface area contributed by atoms with E-state index in [1.807, 2.05) is 11.3 Å². The summed E-state index contributed by atoms with van der Waals surface area (Å²) >= 11 is 1.93. The van der Waals surface area contributed by atoms with Crippen LogP contribution in [0.1, 0.15) is 53.6 Å². The van der Waals surface area contributed by atoms with Gasteiger partial charge in [-0.1, -0.05) is 12.1 Å². The molecule has 1 N–H and O–H groups in total. The van der Waals surface area contributed by atoms with E-state index in [0.717, 1.165) is 51.1 Å². The molecular weight excluding hydrogens is 455 g/mol. The Morgan fingerprint density at radius 1 is 1.33 bits per heavy atom. The Hall–Kier alpha value is -1.98. The van der Waals surface area contributed by atoms with Crippen molar-refractivity contribution in [1.82, 2.24) is 25.2 Å². The third-order valence-electron chi connectivity index (χ3n) is 6.34. The summed E-state index contributed by atoms with van der Waals surface area (Å²) in [7, 11) is 0. The van der Waals surface area contributed by atoms with Crippen molar-refractivity contribution in [3.8, 4) is 0 Å². The summed E-state index contributed by atoms with van der Waals surface area (Å²) in [5.74, 6) is -0.427. The number of nitrogens with one attached hydrogen (secondary N) is 1. The van der Waals surface area contributed by atoms with Gasteiger partial charge in [-0.05, 0) is 30.9 Å². The predicted molar refractivity (Wildman–Crippen MR) is 118 cm³/mol. The summed E-state index contributed by atoms with van der Waals surface area (Å²) in [4.78, 5) is 17.0. The zero-order valence-electron chi connectivity index (χ0n) is 18.8. The summed E-state index contributed by atoms with van der Waals surface area (Å²) in [6.07, 6.45) is 0.539. The van der Waals surface area contributed by atoms with E-state index in [9.17, 15) is 18.0 Å². The Morgan fingerprint density at radius 3 is 2.85 bits per heavy atom. The van der Waals surface area contributed by atoms with E-state index in [4.69, 9.17) is 4.74 Å². The van der Waals surface area contributed by atoms with E-state index in [1.54, 1.807) is 10.9 Å². The first-order valence-electron chi connectivity index (χ1n) is 11.5. The third kappa shape index (κ3) is 6.13. The zero-order valence-corrected chi connectivity index (χ0v) is 19.6. The molecule has 0 bridgehead atoms. The standard InChI is InChI=1S/C22H30F3N5O2S/c1-2-17-13-18-19(33-17)4-12-32-21(18)6-10-29(11-7-21)14-16-15-30(28-27-16)9-3-20(31)26-8-5-22(23,24)25/h13,15H,2-12,14H2,1H3,(H,26,31). The molecule has 2 aromatic heterocycles. The Morgan fingerprint density at radius 2 is 2.12 bits per heavy atom. The number of alkyl halides is 3. The number of likely N-dealkylation sites (tertiary alicyclic amines) is 1. The van der Waals surface area contributed by atoms with Crippen LogP contribution < -0.4 is 5.32 Å². The molecule has 0 aromatic carbocycles. The van der Waals surface area contributed by atoms with E-state index in [2.05, 4.69) is 33.5 Å². The van der Waals surface area contributed by atoms with Gasteiger partial charge in [0.1, 0.15) is 0 Å². The van der Waals surface area contributed by atoms with Crippen LogP contribution in [0.15, 0.2) is 12.3 Å². The first kappa shape index (κ1) is 24.2. The number of amides is 1. The van der Waals surface area contributed by atoms with Crippen molar-refractivity contribution in [2.24, 2.45) is 0 Å². The molecule has 2 aliphatic rings. The second kappa shape index (κ2) is 10.1. The average molecular weight is 486 g/mol. The Balaban J connectivity index is 1.24. The smallest absolute Gasteiger partial charge is 0.370 e. The number of halogens is 3. The molecule has 1 fully saturated rings. The van der Waals surface area contributed by atoms with Crippen LogP contribution in [0.3, 0.4) is 0 Å². The van der Waals surface area contributed by atoms with Crippen LogP contribution in [-0.2, 0) is 41.1 Å².